The summed E-state index contributed by atoms with van der Waals surface area (Å²) in [6, 6.07) is 0. The van der Waals surface area contributed by atoms with Crippen molar-refractivity contribution in [3.63, 3.8) is 0 Å². The van der Waals surface area contributed by atoms with Crippen LogP contribution in [0.15, 0.2) is 22.6 Å². The molecule has 0 aliphatic rings. The Kier molecular flexibility index (Phi) is 5.22. The fraction of sp³-hybridized carbons (Fsp3) is 0.538. The molecule has 2 aromatic rings. The summed E-state index contributed by atoms with van der Waals surface area (Å²) in [4.78, 5) is 16.2. The third kappa shape index (κ3) is 3.70. The summed E-state index contributed by atoms with van der Waals surface area (Å²) in [5, 5.41) is 3.14. The Labute approximate surface area is 121 Å². The lowest BCUT2D eigenvalue weighted by Crippen LogP contribution is -2.23. The van der Waals surface area contributed by atoms with Gasteiger partial charge < -0.3 is 0 Å². The summed E-state index contributed by atoms with van der Waals surface area (Å²) < 4.78 is 3.49. The van der Waals surface area contributed by atoms with Crippen LogP contribution in [-0.2, 0) is 25.4 Å². The van der Waals surface area contributed by atoms with Gasteiger partial charge in [-0.25, -0.2) is 9.78 Å². The highest BCUT2D eigenvalue weighted by Gasteiger charge is 2.03. The second-order valence-electron chi connectivity index (χ2n) is 4.38. The molecule has 0 spiro atoms. The number of imidazole rings is 1. The Hall–Kier alpha value is -1.07. The average molecular weight is 300 g/mol. The van der Waals surface area contributed by atoms with Crippen LogP contribution in [0.25, 0.3) is 0 Å². The van der Waals surface area contributed by atoms with E-state index in [1.165, 1.54) is 0 Å². The summed E-state index contributed by atoms with van der Waals surface area (Å²) in [6.45, 7) is 3.48. The number of unbranched alkanes of at least 4 members (excludes halogenated alkanes) is 1. The van der Waals surface area contributed by atoms with Crippen LogP contribution in [0.5, 0.6) is 0 Å². The predicted molar refractivity (Wildman–Crippen MR) is 79.0 cm³/mol. The number of aromatic nitrogens is 3. The van der Waals surface area contributed by atoms with Crippen LogP contribution in [0.2, 0.25) is 0 Å². The maximum absolute atomic E-state index is 11.8. The van der Waals surface area contributed by atoms with Gasteiger partial charge in [0.15, 0.2) is 0 Å². The molecule has 0 radical (unpaired) electrons. The van der Waals surface area contributed by atoms with Gasteiger partial charge in [-0.2, -0.15) is 0 Å². The molecule has 104 valence electrons. The molecule has 0 aromatic carbocycles. The quantitative estimate of drug-likeness (QED) is 0.582. The maximum Gasteiger partial charge on any atom is 0.328 e. The lowest BCUT2D eigenvalue weighted by molar-refractivity contribution is 0.575. The van der Waals surface area contributed by atoms with Crippen LogP contribution >= 0.6 is 22.9 Å². The number of nitrogens with zero attached hydrogens (tertiary/aromatic N) is 3. The predicted octanol–water partition coefficient (Wildman–Crippen LogP) is 2.89. The van der Waals surface area contributed by atoms with Crippen molar-refractivity contribution in [2.24, 2.45) is 0 Å². The van der Waals surface area contributed by atoms with Gasteiger partial charge in [-0.15, -0.1) is 22.9 Å². The van der Waals surface area contributed by atoms with E-state index in [4.69, 9.17) is 11.6 Å². The minimum Gasteiger partial charge on any atom is -0.300 e. The standard InChI is InChI=1S/C13H18ClN3OS/c1-2-16-7-8-17(13(16)18)6-4-3-5-12-15-11(9-14)10-19-12/h7-8,10H,2-6,9H2,1H3. The molecule has 0 fully saturated rings. The van der Waals surface area contributed by atoms with E-state index in [0.29, 0.717) is 5.88 Å². The van der Waals surface area contributed by atoms with Crippen molar-refractivity contribution < 1.29 is 0 Å². The molecular weight excluding hydrogens is 282 g/mol. The lowest BCUT2D eigenvalue weighted by atomic mass is 10.2. The number of halogens is 1. The molecule has 0 aliphatic carbocycles. The molecule has 0 amide bonds. The summed E-state index contributed by atoms with van der Waals surface area (Å²) >= 11 is 7.38. The molecule has 0 aliphatic heterocycles. The highest BCUT2D eigenvalue weighted by molar-refractivity contribution is 7.09. The molecule has 0 bridgehead atoms. The van der Waals surface area contributed by atoms with Crippen molar-refractivity contribution in [2.45, 2.75) is 45.2 Å². The van der Waals surface area contributed by atoms with Crippen LogP contribution in [-0.4, -0.2) is 14.1 Å². The van der Waals surface area contributed by atoms with Gasteiger partial charge in [0.1, 0.15) is 0 Å². The molecule has 0 saturated heterocycles. The van der Waals surface area contributed by atoms with Gasteiger partial charge in [0.05, 0.1) is 16.6 Å². The van der Waals surface area contributed by atoms with E-state index in [1.54, 1.807) is 20.5 Å². The Morgan fingerprint density at radius 1 is 1.32 bits per heavy atom. The third-order valence-corrected chi connectivity index (χ3v) is 4.27. The van der Waals surface area contributed by atoms with E-state index >= 15 is 0 Å². The Morgan fingerprint density at radius 2 is 2.11 bits per heavy atom. The molecule has 4 nitrogen and oxygen atoms in total. The highest BCUT2D eigenvalue weighted by Crippen LogP contribution is 2.14. The summed E-state index contributed by atoms with van der Waals surface area (Å²) in [5.74, 6) is 0.483. The van der Waals surface area contributed by atoms with Crippen molar-refractivity contribution in [2.75, 3.05) is 0 Å². The fourth-order valence-electron chi connectivity index (χ4n) is 1.95. The molecular formula is C13H18ClN3OS. The van der Waals surface area contributed by atoms with Gasteiger partial charge in [0.25, 0.3) is 0 Å². The van der Waals surface area contributed by atoms with Gasteiger partial charge in [0.2, 0.25) is 0 Å². The smallest absolute Gasteiger partial charge is 0.300 e. The molecule has 2 aromatic heterocycles. The van der Waals surface area contributed by atoms with Crippen LogP contribution < -0.4 is 5.69 Å². The van der Waals surface area contributed by atoms with Crippen LogP contribution in [0, 0.1) is 0 Å². The zero-order chi connectivity index (χ0) is 13.7. The number of hydrogen-bond donors (Lipinski definition) is 0. The minimum atomic E-state index is 0.0844. The van der Waals surface area contributed by atoms with Crippen molar-refractivity contribution in [1.82, 2.24) is 14.1 Å². The average Bonchev–Trinajstić information content (AvgIpc) is 3.02. The Morgan fingerprint density at radius 3 is 2.74 bits per heavy atom. The molecule has 2 rings (SSSR count). The second-order valence-corrected chi connectivity index (χ2v) is 5.59. The van der Waals surface area contributed by atoms with Gasteiger partial charge in [-0.3, -0.25) is 9.13 Å². The Balaban J connectivity index is 1.77. The number of alkyl halides is 1. The largest absolute Gasteiger partial charge is 0.328 e. The summed E-state index contributed by atoms with van der Waals surface area (Å²) in [5.41, 5.74) is 1.04. The highest BCUT2D eigenvalue weighted by atomic mass is 35.5. The number of thiazole rings is 1. The molecule has 19 heavy (non-hydrogen) atoms. The van der Waals surface area contributed by atoms with Crippen LogP contribution in [0.1, 0.15) is 30.5 Å². The maximum atomic E-state index is 11.8. The molecule has 0 atom stereocenters. The molecule has 0 saturated carbocycles. The topological polar surface area (TPSA) is 39.8 Å². The summed E-state index contributed by atoms with van der Waals surface area (Å²) in [7, 11) is 0. The van der Waals surface area contributed by atoms with E-state index in [-0.39, 0.29) is 5.69 Å². The van der Waals surface area contributed by atoms with E-state index in [9.17, 15) is 4.79 Å². The third-order valence-electron chi connectivity index (χ3n) is 3.03. The van der Waals surface area contributed by atoms with Gasteiger partial charge in [-0.1, -0.05) is 0 Å². The van der Waals surface area contributed by atoms with E-state index in [2.05, 4.69) is 4.98 Å². The lowest BCUT2D eigenvalue weighted by Gasteiger charge is -2.00. The number of hydrogen-bond acceptors (Lipinski definition) is 3. The zero-order valence-corrected chi connectivity index (χ0v) is 12.6. The molecule has 0 unspecified atom stereocenters. The van der Waals surface area contributed by atoms with Crippen LogP contribution in [0.4, 0.5) is 0 Å². The van der Waals surface area contributed by atoms with E-state index in [0.717, 1.165) is 43.1 Å². The first kappa shape index (κ1) is 14.3. The van der Waals surface area contributed by atoms with Gasteiger partial charge in [-0.05, 0) is 26.2 Å². The summed E-state index contributed by atoms with van der Waals surface area (Å²) in [6.07, 6.45) is 6.70. The monoisotopic (exact) mass is 299 g/mol. The molecule has 0 N–H and O–H groups in total. The SMILES string of the molecule is CCn1ccn(CCCCc2nc(CCl)cs2)c1=O. The van der Waals surface area contributed by atoms with Gasteiger partial charge in [0, 0.05) is 30.9 Å². The molecule has 6 heteroatoms. The first-order chi connectivity index (χ1) is 9.24. The van der Waals surface area contributed by atoms with E-state index < -0.39 is 0 Å². The normalized spacial score (nSPS) is 11.1. The minimum absolute atomic E-state index is 0.0844. The first-order valence-corrected chi connectivity index (χ1v) is 7.90. The van der Waals surface area contributed by atoms with Crippen molar-refractivity contribution in [1.29, 1.82) is 0 Å². The second kappa shape index (κ2) is 6.91. The van der Waals surface area contributed by atoms with Crippen molar-refractivity contribution >= 4 is 22.9 Å². The molecule has 2 heterocycles. The zero-order valence-electron chi connectivity index (χ0n) is 11.0. The number of aryl methyl sites for hydroxylation is 3. The Bertz CT molecular complexity index is 572. The van der Waals surface area contributed by atoms with Crippen molar-refractivity contribution in [3.05, 3.63) is 39.0 Å². The van der Waals surface area contributed by atoms with Gasteiger partial charge >= 0.3 is 5.69 Å². The fourth-order valence-corrected chi connectivity index (χ4v) is 3.02. The van der Waals surface area contributed by atoms with Crippen molar-refractivity contribution in [3.8, 4) is 0 Å². The van der Waals surface area contributed by atoms with E-state index in [1.807, 2.05) is 24.7 Å². The first-order valence-electron chi connectivity index (χ1n) is 6.49. The van der Waals surface area contributed by atoms with Crippen LogP contribution in [0.3, 0.4) is 0 Å². The number of rotatable bonds is 7.